The molecule has 1 amide bonds. The maximum absolute atomic E-state index is 13.0. The van der Waals surface area contributed by atoms with Gasteiger partial charge >= 0.3 is 0 Å². The minimum Gasteiger partial charge on any atom is -0.497 e. The van der Waals surface area contributed by atoms with Crippen LogP contribution in [0.4, 0.5) is 5.69 Å². The monoisotopic (exact) mass is 406 g/mol. The van der Waals surface area contributed by atoms with E-state index in [2.05, 4.69) is 15.4 Å². The highest BCUT2D eigenvalue weighted by Gasteiger charge is 2.18. The Bertz CT molecular complexity index is 1170. The number of aromatic nitrogens is 3. The third-order valence-electron chi connectivity index (χ3n) is 4.85. The molecule has 0 bridgehead atoms. The van der Waals surface area contributed by atoms with Crippen LogP contribution in [0.2, 0.25) is 5.02 Å². The van der Waals surface area contributed by atoms with E-state index < -0.39 is 0 Å². The highest BCUT2D eigenvalue weighted by molar-refractivity contribution is 6.31. The van der Waals surface area contributed by atoms with Gasteiger partial charge in [0.2, 0.25) is 5.91 Å². The summed E-state index contributed by atoms with van der Waals surface area (Å²) in [6.45, 7) is 1.87. The van der Waals surface area contributed by atoms with E-state index in [9.17, 15) is 4.79 Å². The lowest BCUT2D eigenvalue weighted by Gasteiger charge is -2.16. The van der Waals surface area contributed by atoms with Crippen molar-refractivity contribution in [2.45, 2.75) is 12.8 Å². The predicted octanol–water partition coefficient (Wildman–Crippen LogP) is 4.82. The molecule has 29 heavy (non-hydrogen) atoms. The van der Waals surface area contributed by atoms with Crippen LogP contribution in [0.25, 0.3) is 16.5 Å². The third kappa shape index (κ3) is 3.93. The first-order chi connectivity index (χ1) is 14.0. The smallest absolute Gasteiger partial charge is 0.231 e. The Labute approximate surface area is 173 Å². The van der Waals surface area contributed by atoms with Gasteiger partial charge in [0, 0.05) is 5.02 Å². The number of carbonyl (C=O) groups is 1. The van der Waals surface area contributed by atoms with Crippen LogP contribution >= 0.6 is 11.6 Å². The SMILES string of the molecule is COc1ccc2cc([C@H](C)C(=O)Nc3cc(Cl)ccc3-n3cncn3)ccc2c1. The normalized spacial score (nSPS) is 12.0. The molecule has 0 fully saturated rings. The molecular formula is C22H19ClN4O2. The molecule has 0 radical (unpaired) electrons. The van der Waals surface area contributed by atoms with Gasteiger partial charge < -0.3 is 10.1 Å². The zero-order chi connectivity index (χ0) is 20.4. The van der Waals surface area contributed by atoms with Crippen LogP contribution in [0.15, 0.2) is 67.3 Å². The molecule has 4 aromatic rings. The van der Waals surface area contributed by atoms with Gasteiger partial charge in [0.15, 0.2) is 0 Å². The number of amides is 1. The van der Waals surface area contributed by atoms with Crippen molar-refractivity contribution in [3.8, 4) is 11.4 Å². The first-order valence-corrected chi connectivity index (χ1v) is 9.46. The lowest BCUT2D eigenvalue weighted by Crippen LogP contribution is -2.20. The average Bonchev–Trinajstić information content (AvgIpc) is 3.27. The summed E-state index contributed by atoms with van der Waals surface area (Å²) in [6, 6.07) is 17.1. The number of methoxy groups -OCH3 is 1. The van der Waals surface area contributed by atoms with E-state index in [0.29, 0.717) is 16.4 Å². The molecule has 0 aliphatic rings. The summed E-state index contributed by atoms with van der Waals surface area (Å²) < 4.78 is 6.85. The molecule has 0 spiro atoms. The number of hydrogen-bond acceptors (Lipinski definition) is 4. The Morgan fingerprint density at radius 3 is 2.66 bits per heavy atom. The maximum atomic E-state index is 13.0. The second-order valence-electron chi connectivity index (χ2n) is 6.68. The number of nitrogens with one attached hydrogen (secondary N) is 1. The molecule has 0 saturated heterocycles. The number of hydrogen-bond donors (Lipinski definition) is 1. The molecule has 0 aliphatic heterocycles. The van der Waals surface area contributed by atoms with Crippen LogP contribution in [0.5, 0.6) is 5.75 Å². The van der Waals surface area contributed by atoms with Crippen molar-refractivity contribution in [2.75, 3.05) is 12.4 Å². The molecule has 1 heterocycles. The van der Waals surface area contributed by atoms with Crippen LogP contribution in [-0.2, 0) is 4.79 Å². The maximum Gasteiger partial charge on any atom is 0.231 e. The van der Waals surface area contributed by atoms with Gasteiger partial charge in [0.1, 0.15) is 18.4 Å². The number of fused-ring (bicyclic) bond motifs is 1. The standard InChI is InChI=1S/C22H19ClN4O2/c1-14(15-3-4-17-10-19(29-2)7-5-16(17)9-15)22(28)26-20-11-18(23)6-8-21(20)27-13-24-12-25-27/h3-14H,1-2H3,(H,26,28)/t14-/m0/s1. The molecule has 146 valence electrons. The van der Waals surface area contributed by atoms with Gasteiger partial charge in [-0.1, -0.05) is 35.9 Å². The second kappa shape index (κ2) is 7.93. The van der Waals surface area contributed by atoms with Gasteiger partial charge in [-0.15, -0.1) is 0 Å². The summed E-state index contributed by atoms with van der Waals surface area (Å²) in [5.41, 5.74) is 2.19. The number of benzene rings is 3. The van der Waals surface area contributed by atoms with Gasteiger partial charge in [-0.25, -0.2) is 9.67 Å². The molecule has 6 nitrogen and oxygen atoms in total. The van der Waals surface area contributed by atoms with E-state index in [1.165, 1.54) is 6.33 Å². The van der Waals surface area contributed by atoms with Crippen LogP contribution in [0, 0.1) is 0 Å². The molecule has 0 aliphatic carbocycles. The fraction of sp³-hybridized carbons (Fsp3) is 0.136. The van der Waals surface area contributed by atoms with Crippen molar-refractivity contribution >= 4 is 34.0 Å². The predicted molar refractivity (Wildman–Crippen MR) is 114 cm³/mol. The van der Waals surface area contributed by atoms with Gasteiger partial charge in [-0.3, -0.25) is 4.79 Å². The van der Waals surface area contributed by atoms with Gasteiger partial charge in [0.05, 0.1) is 24.4 Å². The van der Waals surface area contributed by atoms with Crippen molar-refractivity contribution in [3.63, 3.8) is 0 Å². The Morgan fingerprint density at radius 2 is 1.90 bits per heavy atom. The quantitative estimate of drug-likeness (QED) is 0.515. The second-order valence-corrected chi connectivity index (χ2v) is 7.12. The van der Waals surface area contributed by atoms with Gasteiger partial charge in [0.25, 0.3) is 0 Å². The highest BCUT2D eigenvalue weighted by Crippen LogP contribution is 2.28. The van der Waals surface area contributed by atoms with Crippen molar-refractivity contribution in [3.05, 3.63) is 77.8 Å². The highest BCUT2D eigenvalue weighted by atomic mass is 35.5. The van der Waals surface area contributed by atoms with Crippen molar-refractivity contribution in [1.29, 1.82) is 0 Å². The topological polar surface area (TPSA) is 69.0 Å². The molecule has 1 aromatic heterocycles. The Hall–Kier alpha value is -3.38. The van der Waals surface area contributed by atoms with E-state index in [4.69, 9.17) is 16.3 Å². The van der Waals surface area contributed by atoms with Crippen LogP contribution < -0.4 is 10.1 Å². The van der Waals surface area contributed by atoms with Crippen molar-refractivity contribution in [2.24, 2.45) is 0 Å². The summed E-state index contributed by atoms with van der Waals surface area (Å²) in [7, 11) is 1.64. The molecule has 4 rings (SSSR count). The molecule has 1 atom stereocenters. The number of anilines is 1. The largest absolute Gasteiger partial charge is 0.497 e. The van der Waals surface area contributed by atoms with Crippen molar-refractivity contribution < 1.29 is 9.53 Å². The molecule has 3 aromatic carbocycles. The van der Waals surface area contributed by atoms with Crippen molar-refractivity contribution in [1.82, 2.24) is 14.8 Å². The van der Waals surface area contributed by atoms with Crippen LogP contribution in [-0.4, -0.2) is 27.8 Å². The van der Waals surface area contributed by atoms with Gasteiger partial charge in [-0.05, 0) is 53.6 Å². The number of ether oxygens (including phenoxy) is 1. The molecule has 7 heteroatoms. The zero-order valence-corrected chi connectivity index (χ0v) is 16.7. The van der Waals surface area contributed by atoms with E-state index in [-0.39, 0.29) is 11.8 Å². The Kier molecular flexibility index (Phi) is 5.18. The first kappa shape index (κ1) is 19.0. The van der Waals surface area contributed by atoms with E-state index in [1.807, 2.05) is 43.3 Å². The van der Waals surface area contributed by atoms with E-state index >= 15 is 0 Å². The third-order valence-corrected chi connectivity index (χ3v) is 5.08. The zero-order valence-electron chi connectivity index (χ0n) is 16.0. The summed E-state index contributed by atoms with van der Waals surface area (Å²) in [5.74, 6) is 0.309. The Morgan fingerprint density at radius 1 is 1.10 bits per heavy atom. The fourth-order valence-electron chi connectivity index (χ4n) is 3.17. The average molecular weight is 407 g/mol. The summed E-state index contributed by atoms with van der Waals surface area (Å²) in [5, 5.41) is 9.74. The number of carbonyl (C=O) groups excluding carboxylic acids is 1. The van der Waals surface area contributed by atoms with Gasteiger partial charge in [-0.2, -0.15) is 5.10 Å². The lowest BCUT2D eigenvalue weighted by atomic mass is 9.97. The van der Waals surface area contributed by atoms with E-state index in [1.54, 1.807) is 36.3 Å². The van der Waals surface area contributed by atoms with Crippen LogP contribution in [0.1, 0.15) is 18.4 Å². The number of halogens is 1. The first-order valence-electron chi connectivity index (χ1n) is 9.08. The fourth-order valence-corrected chi connectivity index (χ4v) is 3.34. The van der Waals surface area contributed by atoms with E-state index in [0.717, 1.165) is 22.1 Å². The number of nitrogens with zero attached hydrogens (tertiary/aromatic N) is 3. The molecule has 1 N–H and O–H groups in total. The lowest BCUT2D eigenvalue weighted by molar-refractivity contribution is -0.117. The molecular weight excluding hydrogens is 388 g/mol. The minimum absolute atomic E-state index is 0.138. The number of rotatable bonds is 5. The summed E-state index contributed by atoms with van der Waals surface area (Å²) >= 11 is 6.14. The Balaban J connectivity index is 1.61. The summed E-state index contributed by atoms with van der Waals surface area (Å²) in [6.07, 6.45) is 3.01. The summed E-state index contributed by atoms with van der Waals surface area (Å²) in [4.78, 5) is 16.9. The van der Waals surface area contributed by atoms with Crippen LogP contribution in [0.3, 0.4) is 0 Å². The molecule has 0 unspecified atom stereocenters. The minimum atomic E-state index is -0.357. The molecule has 0 saturated carbocycles.